The van der Waals surface area contributed by atoms with Crippen LogP contribution in [-0.2, 0) is 9.53 Å². The number of amides is 1. The van der Waals surface area contributed by atoms with E-state index in [1.165, 1.54) is 6.42 Å². The van der Waals surface area contributed by atoms with Crippen LogP contribution in [0.3, 0.4) is 0 Å². The predicted molar refractivity (Wildman–Crippen MR) is 67.7 cm³/mol. The highest BCUT2D eigenvalue weighted by atomic mass is 16.5. The molecule has 1 aliphatic rings. The van der Waals surface area contributed by atoms with E-state index in [1.54, 1.807) is 7.11 Å². The number of hydrogen-bond donors (Lipinski definition) is 2. The van der Waals surface area contributed by atoms with E-state index in [4.69, 9.17) is 10.5 Å². The van der Waals surface area contributed by atoms with Crippen LogP contribution in [-0.4, -0.2) is 56.7 Å². The molecule has 1 amide bonds. The minimum atomic E-state index is -0.0683. The number of likely N-dealkylation sites (tertiary alicyclic amines) is 1. The van der Waals surface area contributed by atoms with Gasteiger partial charge in [-0.15, -0.1) is 0 Å². The minimum absolute atomic E-state index is 0.0683. The standard InChI is InChI=1S/C12H25N3O2/c1-10(12(16)14-5-7-17-2)15-6-3-4-11(8-13)9-15/h10-11H,3-9,13H2,1-2H3,(H,14,16). The molecule has 1 heterocycles. The molecule has 5 nitrogen and oxygen atoms in total. The summed E-state index contributed by atoms with van der Waals surface area (Å²) in [6.45, 7) is 5.75. The van der Waals surface area contributed by atoms with Crippen LogP contribution in [0.2, 0.25) is 0 Å². The lowest BCUT2D eigenvalue weighted by molar-refractivity contribution is -0.126. The first kappa shape index (κ1) is 14.4. The van der Waals surface area contributed by atoms with E-state index in [-0.39, 0.29) is 11.9 Å². The Labute approximate surface area is 104 Å². The van der Waals surface area contributed by atoms with E-state index in [1.807, 2.05) is 6.92 Å². The predicted octanol–water partition coefficient (Wildman–Crippen LogP) is -0.192. The van der Waals surface area contributed by atoms with Crippen molar-refractivity contribution in [1.29, 1.82) is 0 Å². The van der Waals surface area contributed by atoms with Crippen molar-refractivity contribution in [1.82, 2.24) is 10.2 Å². The first-order chi connectivity index (χ1) is 8.19. The fraction of sp³-hybridized carbons (Fsp3) is 0.917. The Morgan fingerprint density at radius 1 is 1.65 bits per heavy atom. The second kappa shape index (κ2) is 7.63. The van der Waals surface area contributed by atoms with Crippen molar-refractivity contribution in [2.75, 3.05) is 39.9 Å². The summed E-state index contributed by atoms with van der Waals surface area (Å²) < 4.78 is 4.91. The minimum Gasteiger partial charge on any atom is -0.383 e. The number of ether oxygens (including phenoxy) is 1. The third kappa shape index (κ3) is 4.61. The zero-order chi connectivity index (χ0) is 12.7. The first-order valence-electron chi connectivity index (χ1n) is 6.39. The lowest BCUT2D eigenvalue weighted by Gasteiger charge is -2.35. The Morgan fingerprint density at radius 2 is 2.41 bits per heavy atom. The Bertz CT molecular complexity index is 236. The van der Waals surface area contributed by atoms with Crippen molar-refractivity contribution in [2.24, 2.45) is 11.7 Å². The summed E-state index contributed by atoms with van der Waals surface area (Å²) in [7, 11) is 1.63. The molecule has 1 saturated heterocycles. The van der Waals surface area contributed by atoms with Crippen LogP contribution >= 0.6 is 0 Å². The van der Waals surface area contributed by atoms with Crippen molar-refractivity contribution >= 4 is 5.91 Å². The zero-order valence-electron chi connectivity index (χ0n) is 10.9. The van der Waals surface area contributed by atoms with Gasteiger partial charge in [0.2, 0.25) is 5.91 Å². The number of carbonyl (C=O) groups is 1. The van der Waals surface area contributed by atoms with Crippen LogP contribution in [0, 0.1) is 5.92 Å². The average Bonchev–Trinajstić information content (AvgIpc) is 2.38. The molecule has 100 valence electrons. The second-order valence-electron chi connectivity index (χ2n) is 4.70. The number of nitrogens with zero attached hydrogens (tertiary/aromatic N) is 1. The Balaban J connectivity index is 2.34. The Hall–Kier alpha value is -0.650. The number of nitrogens with one attached hydrogen (secondary N) is 1. The highest BCUT2D eigenvalue weighted by molar-refractivity contribution is 5.81. The summed E-state index contributed by atoms with van der Waals surface area (Å²) in [6.07, 6.45) is 2.32. The summed E-state index contributed by atoms with van der Waals surface area (Å²) in [6, 6.07) is -0.0683. The third-order valence-corrected chi connectivity index (χ3v) is 3.42. The zero-order valence-corrected chi connectivity index (χ0v) is 10.9. The molecule has 0 aliphatic carbocycles. The van der Waals surface area contributed by atoms with Crippen molar-refractivity contribution in [3.05, 3.63) is 0 Å². The topological polar surface area (TPSA) is 67.6 Å². The molecule has 2 atom stereocenters. The number of methoxy groups -OCH3 is 1. The molecule has 17 heavy (non-hydrogen) atoms. The smallest absolute Gasteiger partial charge is 0.237 e. The quantitative estimate of drug-likeness (QED) is 0.634. The lowest BCUT2D eigenvalue weighted by atomic mass is 9.97. The van der Waals surface area contributed by atoms with E-state index in [0.29, 0.717) is 25.6 Å². The largest absolute Gasteiger partial charge is 0.383 e. The number of rotatable bonds is 6. The second-order valence-corrected chi connectivity index (χ2v) is 4.70. The summed E-state index contributed by atoms with van der Waals surface area (Å²) in [5.41, 5.74) is 5.70. The van der Waals surface area contributed by atoms with Gasteiger partial charge in [0, 0.05) is 20.2 Å². The van der Waals surface area contributed by atoms with E-state index in [2.05, 4.69) is 10.2 Å². The molecule has 2 unspecified atom stereocenters. The van der Waals surface area contributed by atoms with Crippen molar-refractivity contribution in [3.63, 3.8) is 0 Å². The van der Waals surface area contributed by atoms with Crippen LogP contribution in [0.5, 0.6) is 0 Å². The first-order valence-corrected chi connectivity index (χ1v) is 6.39. The van der Waals surface area contributed by atoms with Crippen molar-refractivity contribution in [2.45, 2.75) is 25.8 Å². The number of carbonyl (C=O) groups excluding carboxylic acids is 1. The maximum atomic E-state index is 11.9. The molecule has 1 rings (SSSR count). The van der Waals surface area contributed by atoms with Crippen LogP contribution in [0.25, 0.3) is 0 Å². The monoisotopic (exact) mass is 243 g/mol. The molecule has 0 spiro atoms. The summed E-state index contributed by atoms with van der Waals surface area (Å²) in [5, 5.41) is 2.88. The third-order valence-electron chi connectivity index (χ3n) is 3.42. The van der Waals surface area contributed by atoms with Gasteiger partial charge < -0.3 is 15.8 Å². The van der Waals surface area contributed by atoms with Crippen LogP contribution in [0.4, 0.5) is 0 Å². The SMILES string of the molecule is COCCNC(=O)C(C)N1CCCC(CN)C1. The molecule has 0 aromatic carbocycles. The summed E-state index contributed by atoms with van der Waals surface area (Å²) in [5.74, 6) is 0.623. The van der Waals surface area contributed by atoms with Gasteiger partial charge in [-0.1, -0.05) is 0 Å². The van der Waals surface area contributed by atoms with Crippen LogP contribution < -0.4 is 11.1 Å². The normalized spacial score (nSPS) is 23.4. The van der Waals surface area contributed by atoms with Crippen LogP contribution in [0.1, 0.15) is 19.8 Å². The molecular weight excluding hydrogens is 218 g/mol. The van der Waals surface area contributed by atoms with Gasteiger partial charge in [0.05, 0.1) is 12.6 Å². The highest BCUT2D eigenvalue weighted by Crippen LogP contribution is 2.17. The number of hydrogen-bond acceptors (Lipinski definition) is 4. The van der Waals surface area contributed by atoms with E-state index in [9.17, 15) is 4.79 Å². The average molecular weight is 243 g/mol. The van der Waals surface area contributed by atoms with E-state index in [0.717, 1.165) is 19.5 Å². The molecule has 0 saturated carbocycles. The van der Waals surface area contributed by atoms with Gasteiger partial charge in [0.1, 0.15) is 0 Å². The molecule has 0 aromatic rings. The molecule has 1 aliphatic heterocycles. The molecule has 1 fully saturated rings. The summed E-state index contributed by atoms with van der Waals surface area (Å²) >= 11 is 0. The van der Waals surface area contributed by atoms with Gasteiger partial charge in [-0.05, 0) is 38.8 Å². The van der Waals surface area contributed by atoms with Gasteiger partial charge in [-0.2, -0.15) is 0 Å². The molecule has 0 aromatic heterocycles. The number of piperidine rings is 1. The molecular formula is C12H25N3O2. The molecule has 3 N–H and O–H groups in total. The summed E-state index contributed by atoms with van der Waals surface area (Å²) in [4.78, 5) is 14.1. The van der Waals surface area contributed by atoms with Crippen LogP contribution in [0.15, 0.2) is 0 Å². The van der Waals surface area contributed by atoms with Crippen molar-refractivity contribution < 1.29 is 9.53 Å². The maximum Gasteiger partial charge on any atom is 0.237 e. The highest BCUT2D eigenvalue weighted by Gasteiger charge is 2.26. The van der Waals surface area contributed by atoms with Gasteiger partial charge in [-0.3, -0.25) is 9.69 Å². The fourth-order valence-corrected chi connectivity index (χ4v) is 2.23. The maximum absolute atomic E-state index is 11.9. The Kier molecular flexibility index (Phi) is 6.47. The van der Waals surface area contributed by atoms with Gasteiger partial charge >= 0.3 is 0 Å². The van der Waals surface area contributed by atoms with E-state index >= 15 is 0 Å². The molecule has 5 heteroatoms. The van der Waals surface area contributed by atoms with Gasteiger partial charge in [-0.25, -0.2) is 0 Å². The fourth-order valence-electron chi connectivity index (χ4n) is 2.23. The van der Waals surface area contributed by atoms with Crippen molar-refractivity contribution in [3.8, 4) is 0 Å². The molecule has 0 radical (unpaired) electrons. The van der Waals surface area contributed by atoms with Gasteiger partial charge in [0.25, 0.3) is 0 Å². The van der Waals surface area contributed by atoms with E-state index < -0.39 is 0 Å². The van der Waals surface area contributed by atoms with Gasteiger partial charge in [0.15, 0.2) is 0 Å². The number of nitrogens with two attached hydrogens (primary N) is 1. The molecule has 0 bridgehead atoms. The Morgan fingerprint density at radius 3 is 3.06 bits per heavy atom. The lowest BCUT2D eigenvalue weighted by Crippen LogP contribution is -2.50.